The van der Waals surface area contributed by atoms with Crippen molar-refractivity contribution in [3.63, 3.8) is 0 Å². The third-order valence-electron chi connectivity index (χ3n) is 3.13. The zero-order chi connectivity index (χ0) is 14.8. The maximum absolute atomic E-state index is 6.16. The van der Waals surface area contributed by atoms with Crippen molar-refractivity contribution in [3.8, 4) is 0 Å². The van der Waals surface area contributed by atoms with E-state index in [1.165, 1.54) is 0 Å². The van der Waals surface area contributed by atoms with Crippen molar-refractivity contribution in [1.29, 1.82) is 0 Å². The summed E-state index contributed by atoms with van der Waals surface area (Å²) in [6, 6.07) is 13.1. The Morgan fingerprint density at radius 3 is 2.48 bits per heavy atom. The average molecular weight is 338 g/mol. The molecule has 0 radical (unpaired) electrons. The number of benzene rings is 2. The largest absolute Gasteiger partial charge is 0.380 e. The Bertz CT molecular complexity index is 782. The monoisotopic (exact) mass is 336 g/mol. The summed E-state index contributed by atoms with van der Waals surface area (Å²) in [5.41, 5.74) is 2.77. The molecule has 0 aliphatic carbocycles. The highest BCUT2D eigenvalue weighted by atomic mass is 35.5. The maximum Gasteiger partial charge on any atom is 0.0908 e. The minimum Gasteiger partial charge on any atom is -0.380 e. The van der Waals surface area contributed by atoms with Gasteiger partial charge in [0.1, 0.15) is 0 Å². The van der Waals surface area contributed by atoms with Gasteiger partial charge in [-0.2, -0.15) is 0 Å². The third-order valence-corrected chi connectivity index (χ3v) is 3.87. The molecule has 0 aliphatic rings. The lowest BCUT2D eigenvalue weighted by molar-refractivity contribution is 1.15. The second-order valence-electron chi connectivity index (χ2n) is 4.63. The first kappa shape index (κ1) is 14.5. The molecule has 0 saturated heterocycles. The molecule has 106 valence electrons. The molecule has 1 heterocycles. The standard InChI is InChI=1S/C16H11Cl3N2/c17-11-6-10(7-12(18)8-11)9-21-15-4-3-14(19)16-13(15)2-1-5-20-16/h1-8,21H,9H2. The summed E-state index contributed by atoms with van der Waals surface area (Å²) < 4.78 is 0. The number of hydrogen-bond donors (Lipinski definition) is 1. The lowest BCUT2D eigenvalue weighted by atomic mass is 10.1. The molecule has 0 unspecified atom stereocenters. The average Bonchev–Trinajstić information content (AvgIpc) is 2.46. The first-order valence-corrected chi connectivity index (χ1v) is 7.49. The summed E-state index contributed by atoms with van der Waals surface area (Å²) in [5, 5.41) is 6.25. The van der Waals surface area contributed by atoms with Gasteiger partial charge < -0.3 is 5.32 Å². The second kappa shape index (κ2) is 6.10. The summed E-state index contributed by atoms with van der Waals surface area (Å²) >= 11 is 18.2. The van der Waals surface area contributed by atoms with Crippen molar-refractivity contribution in [1.82, 2.24) is 4.98 Å². The molecule has 5 heteroatoms. The fraction of sp³-hybridized carbons (Fsp3) is 0.0625. The van der Waals surface area contributed by atoms with E-state index in [0.717, 1.165) is 22.2 Å². The Morgan fingerprint density at radius 1 is 0.952 bits per heavy atom. The Kier molecular flexibility index (Phi) is 4.20. The molecular weight excluding hydrogens is 327 g/mol. The van der Waals surface area contributed by atoms with Gasteiger partial charge in [0.15, 0.2) is 0 Å². The van der Waals surface area contributed by atoms with Crippen LogP contribution in [0, 0.1) is 0 Å². The van der Waals surface area contributed by atoms with Crippen molar-refractivity contribution in [2.24, 2.45) is 0 Å². The van der Waals surface area contributed by atoms with Gasteiger partial charge in [0, 0.05) is 33.9 Å². The normalized spacial score (nSPS) is 10.8. The van der Waals surface area contributed by atoms with Gasteiger partial charge >= 0.3 is 0 Å². The minimum absolute atomic E-state index is 0.617. The van der Waals surface area contributed by atoms with Gasteiger partial charge in [0.2, 0.25) is 0 Å². The molecule has 2 nitrogen and oxygen atoms in total. The quantitative estimate of drug-likeness (QED) is 0.652. The predicted molar refractivity (Wildman–Crippen MR) is 90.5 cm³/mol. The first-order chi connectivity index (χ1) is 10.1. The Labute approximate surface area is 137 Å². The molecule has 2 aromatic carbocycles. The number of rotatable bonds is 3. The molecule has 0 bridgehead atoms. The van der Waals surface area contributed by atoms with E-state index in [1.807, 2.05) is 36.4 Å². The summed E-state index contributed by atoms with van der Waals surface area (Å²) in [7, 11) is 0. The Balaban J connectivity index is 1.90. The van der Waals surface area contributed by atoms with Crippen LogP contribution in [0.25, 0.3) is 10.9 Å². The number of nitrogens with zero attached hydrogens (tertiary/aromatic N) is 1. The molecule has 1 aromatic heterocycles. The van der Waals surface area contributed by atoms with Gasteiger partial charge in [-0.25, -0.2) is 0 Å². The highest BCUT2D eigenvalue weighted by molar-refractivity contribution is 6.35. The van der Waals surface area contributed by atoms with Crippen molar-refractivity contribution < 1.29 is 0 Å². The van der Waals surface area contributed by atoms with E-state index >= 15 is 0 Å². The van der Waals surface area contributed by atoms with Crippen LogP contribution in [0.3, 0.4) is 0 Å². The number of pyridine rings is 1. The van der Waals surface area contributed by atoms with Gasteiger partial charge in [0.25, 0.3) is 0 Å². The molecule has 0 amide bonds. The van der Waals surface area contributed by atoms with E-state index in [1.54, 1.807) is 12.3 Å². The molecule has 0 saturated carbocycles. The lowest BCUT2D eigenvalue weighted by Crippen LogP contribution is -2.00. The van der Waals surface area contributed by atoms with E-state index in [0.29, 0.717) is 21.6 Å². The van der Waals surface area contributed by atoms with Gasteiger partial charge in [-0.3, -0.25) is 4.98 Å². The van der Waals surface area contributed by atoms with Crippen molar-refractivity contribution >= 4 is 51.4 Å². The van der Waals surface area contributed by atoms with Crippen molar-refractivity contribution in [2.45, 2.75) is 6.54 Å². The second-order valence-corrected chi connectivity index (χ2v) is 5.91. The minimum atomic E-state index is 0.617. The molecule has 0 atom stereocenters. The number of fused-ring (bicyclic) bond motifs is 1. The van der Waals surface area contributed by atoms with Crippen LogP contribution in [-0.4, -0.2) is 4.98 Å². The van der Waals surface area contributed by atoms with Crippen LogP contribution in [0.2, 0.25) is 15.1 Å². The summed E-state index contributed by atoms with van der Waals surface area (Å²) in [6.07, 6.45) is 1.73. The van der Waals surface area contributed by atoms with Gasteiger partial charge in [-0.05, 0) is 48.0 Å². The third kappa shape index (κ3) is 3.24. The maximum atomic E-state index is 6.16. The highest BCUT2D eigenvalue weighted by Crippen LogP contribution is 2.28. The number of anilines is 1. The lowest BCUT2D eigenvalue weighted by Gasteiger charge is -2.11. The van der Waals surface area contributed by atoms with E-state index in [9.17, 15) is 0 Å². The fourth-order valence-electron chi connectivity index (χ4n) is 2.20. The fourth-order valence-corrected chi connectivity index (χ4v) is 2.99. The number of aromatic nitrogens is 1. The Hall–Kier alpha value is -1.48. The van der Waals surface area contributed by atoms with Gasteiger partial charge in [-0.15, -0.1) is 0 Å². The molecular formula is C16H11Cl3N2. The van der Waals surface area contributed by atoms with Crippen molar-refractivity contribution in [3.05, 3.63) is 69.3 Å². The molecule has 1 N–H and O–H groups in total. The molecule has 0 aliphatic heterocycles. The number of hydrogen-bond acceptors (Lipinski definition) is 2. The van der Waals surface area contributed by atoms with E-state index < -0.39 is 0 Å². The summed E-state index contributed by atoms with van der Waals surface area (Å²) in [5.74, 6) is 0. The zero-order valence-corrected chi connectivity index (χ0v) is 13.2. The van der Waals surface area contributed by atoms with Crippen LogP contribution in [0.15, 0.2) is 48.7 Å². The van der Waals surface area contributed by atoms with Crippen LogP contribution >= 0.6 is 34.8 Å². The van der Waals surface area contributed by atoms with Crippen LogP contribution in [-0.2, 0) is 6.54 Å². The predicted octanol–water partition coefficient (Wildman–Crippen LogP) is 5.81. The molecule has 0 spiro atoms. The SMILES string of the molecule is Clc1cc(Cl)cc(CNc2ccc(Cl)c3ncccc23)c1. The molecule has 21 heavy (non-hydrogen) atoms. The zero-order valence-electron chi connectivity index (χ0n) is 10.9. The van der Waals surface area contributed by atoms with E-state index in [2.05, 4.69) is 10.3 Å². The topological polar surface area (TPSA) is 24.9 Å². The van der Waals surface area contributed by atoms with Crippen LogP contribution in [0.4, 0.5) is 5.69 Å². The molecule has 0 fully saturated rings. The van der Waals surface area contributed by atoms with E-state index in [4.69, 9.17) is 34.8 Å². The Morgan fingerprint density at radius 2 is 1.71 bits per heavy atom. The van der Waals surface area contributed by atoms with Crippen molar-refractivity contribution in [2.75, 3.05) is 5.32 Å². The first-order valence-electron chi connectivity index (χ1n) is 6.35. The van der Waals surface area contributed by atoms with Gasteiger partial charge in [-0.1, -0.05) is 34.8 Å². The van der Waals surface area contributed by atoms with Gasteiger partial charge in [0.05, 0.1) is 10.5 Å². The summed E-state index contributed by atoms with van der Waals surface area (Å²) in [4.78, 5) is 4.31. The van der Waals surface area contributed by atoms with E-state index in [-0.39, 0.29) is 0 Å². The smallest absolute Gasteiger partial charge is 0.0908 e. The highest BCUT2D eigenvalue weighted by Gasteiger charge is 2.05. The van der Waals surface area contributed by atoms with Crippen LogP contribution in [0.5, 0.6) is 0 Å². The van der Waals surface area contributed by atoms with Crippen LogP contribution in [0.1, 0.15) is 5.56 Å². The number of halogens is 3. The molecule has 3 aromatic rings. The molecule has 3 rings (SSSR count). The summed E-state index contributed by atoms with van der Waals surface area (Å²) in [6.45, 7) is 0.617. The number of nitrogens with one attached hydrogen (secondary N) is 1. The van der Waals surface area contributed by atoms with Crippen LogP contribution < -0.4 is 5.32 Å².